The second-order valence-corrected chi connectivity index (χ2v) is 15.3. The maximum atomic E-state index is 11.6. The van der Waals surface area contributed by atoms with Crippen LogP contribution in [-0.2, 0) is 29.9 Å². The Morgan fingerprint density at radius 1 is 0.674 bits per heavy atom. The topological polar surface area (TPSA) is 71.1 Å². The van der Waals surface area contributed by atoms with Crippen LogP contribution in [0, 0.1) is 23.7 Å². The highest BCUT2D eigenvalue weighted by atomic mass is 16.5. The van der Waals surface area contributed by atoms with Crippen LogP contribution in [0.1, 0.15) is 128 Å². The number of esters is 2. The molecule has 0 spiro atoms. The minimum absolute atomic E-state index is 0.114. The molecule has 0 aliphatic heterocycles. The van der Waals surface area contributed by atoms with Crippen molar-refractivity contribution in [3.8, 4) is 11.5 Å². The first-order valence-corrected chi connectivity index (χ1v) is 18.3. The van der Waals surface area contributed by atoms with E-state index in [2.05, 4.69) is 39.1 Å². The van der Waals surface area contributed by atoms with Crippen molar-refractivity contribution in [3.05, 3.63) is 48.6 Å². The van der Waals surface area contributed by atoms with Crippen molar-refractivity contribution in [2.24, 2.45) is 23.7 Å². The number of hydrogen-bond donors (Lipinski definition) is 0. The van der Waals surface area contributed by atoms with Crippen molar-refractivity contribution >= 4 is 11.9 Å². The molecule has 4 saturated carbocycles. The second kappa shape index (κ2) is 15.9. The predicted molar refractivity (Wildman–Crippen MR) is 182 cm³/mol. The lowest BCUT2D eigenvalue weighted by atomic mass is 9.66. The lowest BCUT2D eigenvalue weighted by Crippen LogP contribution is -2.31. The Balaban J connectivity index is 1.52. The monoisotopic (exact) mass is 634 g/mol. The van der Waals surface area contributed by atoms with Gasteiger partial charge in [-0.2, -0.15) is 0 Å². The molecule has 6 nitrogen and oxygen atoms in total. The number of carbonyl (C=O) groups is 2. The molecule has 4 aliphatic carbocycles. The Labute approximate surface area is 277 Å². The summed E-state index contributed by atoms with van der Waals surface area (Å²) in [6.07, 6.45) is 21.5. The van der Waals surface area contributed by atoms with Gasteiger partial charge in [-0.3, -0.25) is 0 Å². The SMILES string of the molecule is C=CC(=O)OCCCOc1cc(OCCCOC(=O)C=C)c(C23CCC(CCCC(C)C2)C3)cc1C12CCC(CCCC(C)C1)C2. The largest absolute Gasteiger partial charge is 0.493 e. The lowest BCUT2D eigenvalue weighted by Gasteiger charge is -2.40. The van der Waals surface area contributed by atoms with E-state index in [1.807, 2.05) is 0 Å². The maximum Gasteiger partial charge on any atom is 0.330 e. The number of benzene rings is 1. The molecule has 4 aliphatic rings. The van der Waals surface area contributed by atoms with Gasteiger partial charge < -0.3 is 18.9 Å². The van der Waals surface area contributed by atoms with Gasteiger partial charge in [0.1, 0.15) is 11.5 Å². The van der Waals surface area contributed by atoms with Gasteiger partial charge in [-0.25, -0.2) is 9.59 Å². The van der Waals surface area contributed by atoms with E-state index in [1.165, 1.54) is 113 Å². The molecule has 1 aromatic rings. The zero-order valence-electron chi connectivity index (χ0n) is 28.6. The molecule has 254 valence electrons. The van der Waals surface area contributed by atoms with Gasteiger partial charge in [0.25, 0.3) is 0 Å². The van der Waals surface area contributed by atoms with Crippen molar-refractivity contribution in [2.45, 2.75) is 127 Å². The molecule has 0 saturated heterocycles. The smallest absolute Gasteiger partial charge is 0.330 e. The average Bonchev–Trinajstić information content (AvgIpc) is 3.66. The van der Waals surface area contributed by atoms with Crippen molar-refractivity contribution in [1.29, 1.82) is 0 Å². The number of hydrogen-bond acceptors (Lipinski definition) is 6. The summed E-state index contributed by atoms with van der Waals surface area (Å²) in [5.74, 6) is 3.99. The molecule has 1 aromatic carbocycles. The fourth-order valence-electron chi connectivity index (χ4n) is 9.67. The molecule has 0 radical (unpaired) electrons. The molecule has 6 unspecified atom stereocenters. The van der Waals surface area contributed by atoms with E-state index in [9.17, 15) is 9.59 Å². The highest BCUT2D eigenvalue weighted by Gasteiger charge is 2.48. The van der Waals surface area contributed by atoms with Crippen LogP contribution in [-0.4, -0.2) is 38.4 Å². The quantitative estimate of drug-likeness (QED) is 0.115. The number of carbonyl (C=O) groups excluding carboxylic acids is 2. The fraction of sp³-hybridized carbons (Fsp3) is 0.700. The molecule has 6 atom stereocenters. The molecule has 4 bridgehead atoms. The van der Waals surface area contributed by atoms with E-state index in [1.54, 1.807) is 0 Å². The molecule has 0 amide bonds. The molecule has 0 N–H and O–H groups in total. The number of rotatable bonds is 14. The van der Waals surface area contributed by atoms with Crippen molar-refractivity contribution in [1.82, 2.24) is 0 Å². The van der Waals surface area contributed by atoms with Gasteiger partial charge >= 0.3 is 11.9 Å². The van der Waals surface area contributed by atoms with Crippen LogP contribution < -0.4 is 9.47 Å². The molecule has 4 fully saturated rings. The third kappa shape index (κ3) is 8.39. The van der Waals surface area contributed by atoms with Gasteiger partial charge in [-0.05, 0) is 91.9 Å². The first-order chi connectivity index (χ1) is 22.3. The van der Waals surface area contributed by atoms with Crippen LogP contribution in [0.4, 0.5) is 0 Å². The zero-order chi connectivity index (χ0) is 32.6. The zero-order valence-corrected chi connectivity index (χ0v) is 28.6. The van der Waals surface area contributed by atoms with Crippen LogP contribution in [0.2, 0.25) is 0 Å². The third-order valence-corrected chi connectivity index (χ3v) is 11.7. The summed E-state index contributed by atoms with van der Waals surface area (Å²) in [7, 11) is 0. The maximum absolute atomic E-state index is 11.6. The van der Waals surface area contributed by atoms with Crippen LogP contribution in [0.25, 0.3) is 0 Å². The van der Waals surface area contributed by atoms with Crippen molar-refractivity contribution in [3.63, 3.8) is 0 Å². The van der Waals surface area contributed by atoms with Gasteiger partial charge in [0.2, 0.25) is 0 Å². The Kier molecular flexibility index (Phi) is 11.9. The summed E-state index contributed by atoms with van der Waals surface area (Å²) >= 11 is 0. The molecule has 0 heterocycles. The third-order valence-electron chi connectivity index (χ3n) is 11.7. The molecule has 5 rings (SSSR count). The Morgan fingerprint density at radius 2 is 1.13 bits per heavy atom. The first-order valence-electron chi connectivity index (χ1n) is 18.3. The second-order valence-electron chi connectivity index (χ2n) is 15.3. The fourth-order valence-corrected chi connectivity index (χ4v) is 9.67. The van der Waals surface area contributed by atoms with Crippen LogP contribution >= 0.6 is 0 Å². The highest BCUT2D eigenvalue weighted by Crippen LogP contribution is 2.58. The first kappa shape index (κ1) is 34.6. The standard InChI is InChI=1S/C40H58O6/c1-5-37(41)45-21-9-19-43-35-24-36(44-20-10-22-46-38(42)6-2)34(40-18-16-32(28-40)14-8-12-30(4)26-40)23-33(35)39-17-15-31(27-39)13-7-11-29(3)25-39/h5-6,23-24,29-32H,1-2,7-22,25-28H2,3-4H3. The minimum atomic E-state index is -0.401. The molecular formula is C40H58O6. The van der Waals surface area contributed by atoms with E-state index in [4.69, 9.17) is 18.9 Å². The van der Waals surface area contributed by atoms with E-state index in [-0.39, 0.29) is 10.8 Å². The minimum Gasteiger partial charge on any atom is -0.493 e. The van der Waals surface area contributed by atoms with E-state index in [0.717, 1.165) is 23.3 Å². The number of ether oxygens (including phenoxy) is 4. The summed E-state index contributed by atoms with van der Waals surface area (Å²) < 4.78 is 23.9. The molecule has 0 aromatic heterocycles. The van der Waals surface area contributed by atoms with Gasteiger partial charge in [0.15, 0.2) is 0 Å². The number of fused-ring (bicyclic) bond motifs is 4. The molecule has 46 heavy (non-hydrogen) atoms. The van der Waals surface area contributed by atoms with E-state index < -0.39 is 11.9 Å². The van der Waals surface area contributed by atoms with Gasteiger partial charge in [0.05, 0.1) is 26.4 Å². The summed E-state index contributed by atoms with van der Waals surface area (Å²) in [6, 6.07) is 4.78. The van der Waals surface area contributed by atoms with Gasteiger partial charge in [-0.15, -0.1) is 0 Å². The van der Waals surface area contributed by atoms with E-state index in [0.29, 0.717) is 51.1 Å². The van der Waals surface area contributed by atoms with Crippen molar-refractivity contribution in [2.75, 3.05) is 26.4 Å². The Bertz CT molecular complexity index is 1130. The molecular weight excluding hydrogens is 576 g/mol. The van der Waals surface area contributed by atoms with Gasteiger partial charge in [-0.1, -0.05) is 65.5 Å². The normalized spacial score (nSPS) is 30.7. The highest BCUT2D eigenvalue weighted by molar-refractivity contribution is 5.81. The Hall–Kier alpha value is -2.76. The Morgan fingerprint density at radius 3 is 1.57 bits per heavy atom. The van der Waals surface area contributed by atoms with Crippen molar-refractivity contribution < 1.29 is 28.5 Å². The van der Waals surface area contributed by atoms with Gasteiger partial charge in [0, 0.05) is 42.2 Å². The van der Waals surface area contributed by atoms with E-state index >= 15 is 0 Å². The average molecular weight is 635 g/mol. The van der Waals surface area contributed by atoms with Crippen LogP contribution in [0.15, 0.2) is 37.4 Å². The van der Waals surface area contributed by atoms with Crippen LogP contribution in [0.3, 0.4) is 0 Å². The summed E-state index contributed by atoms with van der Waals surface area (Å²) in [5, 5.41) is 0. The lowest BCUT2D eigenvalue weighted by molar-refractivity contribution is -0.138. The summed E-state index contributed by atoms with van der Waals surface area (Å²) in [4.78, 5) is 23.2. The molecule has 6 heteroatoms. The van der Waals surface area contributed by atoms with Crippen LogP contribution in [0.5, 0.6) is 11.5 Å². The summed E-state index contributed by atoms with van der Waals surface area (Å²) in [6.45, 7) is 13.4. The summed E-state index contributed by atoms with van der Waals surface area (Å²) in [5.41, 5.74) is 3.01. The predicted octanol–water partition coefficient (Wildman–Crippen LogP) is 9.18.